The van der Waals surface area contributed by atoms with E-state index in [0.717, 1.165) is 12.1 Å². The molecule has 0 aromatic heterocycles. The fourth-order valence-electron chi connectivity index (χ4n) is 0.837. The standard InChI is InChI=1S/C8H6F3O/c9-8(10,11)7-3-1-2-6(4-7)5-12/h1-4H,5H2. The van der Waals surface area contributed by atoms with Gasteiger partial charge in [0.25, 0.3) is 0 Å². The number of hydrogen-bond acceptors (Lipinski definition) is 0. The fraction of sp³-hybridized carbons (Fsp3) is 0.250. The van der Waals surface area contributed by atoms with Crippen LogP contribution in [0, 0.1) is 0 Å². The first-order chi connectivity index (χ1) is 5.54. The van der Waals surface area contributed by atoms with Gasteiger partial charge < -0.3 is 0 Å². The summed E-state index contributed by atoms with van der Waals surface area (Å²) in [5.41, 5.74) is -0.610. The van der Waals surface area contributed by atoms with E-state index in [-0.39, 0.29) is 5.56 Å². The van der Waals surface area contributed by atoms with Gasteiger partial charge in [-0.25, -0.2) is 5.11 Å². The Morgan fingerprint density at radius 3 is 2.42 bits per heavy atom. The van der Waals surface area contributed by atoms with Gasteiger partial charge >= 0.3 is 6.18 Å². The predicted molar refractivity (Wildman–Crippen MR) is 35.8 cm³/mol. The van der Waals surface area contributed by atoms with Crippen LogP contribution in [0.25, 0.3) is 0 Å². The van der Waals surface area contributed by atoms with Crippen LogP contribution >= 0.6 is 0 Å². The summed E-state index contributed by atoms with van der Waals surface area (Å²) in [5, 5.41) is 10.2. The lowest BCUT2D eigenvalue weighted by Crippen LogP contribution is -2.04. The molecule has 1 aromatic carbocycles. The van der Waals surface area contributed by atoms with Crippen LogP contribution < -0.4 is 0 Å². The van der Waals surface area contributed by atoms with Gasteiger partial charge in [-0.1, -0.05) is 12.1 Å². The van der Waals surface area contributed by atoms with Gasteiger partial charge in [0.05, 0.1) is 5.56 Å². The van der Waals surface area contributed by atoms with E-state index in [1.165, 1.54) is 12.1 Å². The molecule has 0 fully saturated rings. The van der Waals surface area contributed by atoms with Crippen molar-refractivity contribution < 1.29 is 18.3 Å². The Kier molecular flexibility index (Phi) is 2.38. The van der Waals surface area contributed by atoms with E-state index < -0.39 is 18.3 Å². The zero-order chi connectivity index (χ0) is 9.19. The summed E-state index contributed by atoms with van der Waals surface area (Å²) in [6.07, 6.45) is -4.36. The van der Waals surface area contributed by atoms with Crippen LogP contribution in [0.2, 0.25) is 0 Å². The molecule has 12 heavy (non-hydrogen) atoms. The molecule has 0 N–H and O–H groups in total. The number of halogens is 3. The molecule has 0 heterocycles. The van der Waals surface area contributed by atoms with Gasteiger partial charge in [0.2, 0.25) is 0 Å². The fourth-order valence-corrected chi connectivity index (χ4v) is 0.837. The van der Waals surface area contributed by atoms with Gasteiger partial charge in [0.15, 0.2) is 0 Å². The Morgan fingerprint density at radius 1 is 1.25 bits per heavy atom. The second kappa shape index (κ2) is 3.15. The van der Waals surface area contributed by atoms with Crippen LogP contribution in [-0.4, -0.2) is 0 Å². The minimum atomic E-state index is -4.36. The maximum absolute atomic E-state index is 12.0. The van der Waals surface area contributed by atoms with Gasteiger partial charge in [0.1, 0.15) is 6.61 Å². The highest BCUT2D eigenvalue weighted by Crippen LogP contribution is 2.29. The Balaban J connectivity index is 3.02. The molecule has 0 aliphatic carbocycles. The van der Waals surface area contributed by atoms with Gasteiger partial charge in [-0.2, -0.15) is 13.2 Å². The number of rotatable bonds is 1. The molecule has 0 aliphatic heterocycles. The van der Waals surface area contributed by atoms with Crippen LogP contribution in [0.1, 0.15) is 11.1 Å². The van der Waals surface area contributed by atoms with E-state index in [1.54, 1.807) is 0 Å². The molecule has 0 atom stereocenters. The lowest BCUT2D eigenvalue weighted by molar-refractivity contribution is -0.137. The molecule has 0 unspecified atom stereocenters. The highest BCUT2D eigenvalue weighted by atomic mass is 19.4. The SMILES string of the molecule is [O]Cc1cccc(C(F)(F)F)c1. The van der Waals surface area contributed by atoms with Crippen LogP contribution in [0.15, 0.2) is 24.3 Å². The third-order valence-electron chi connectivity index (χ3n) is 1.42. The average Bonchev–Trinajstić information content (AvgIpc) is 2.03. The largest absolute Gasteiger partial charge is 0.416 e. The van der Waals surface area contributed by atoms with Gasteiger partial charge in [-0.05, 0) is 17.7 Å². The van der Waals surface area contributed by atoms with E-state index in [2.05, 4.69) is 0 Å². The molecule has 1 aromatic rings. The first-order valence-corrected chi connectivity index (χ1v) is 3.28. The zero-order valence-electron chi connectivity index (χ0n) is 6.06. The third kappa shape index (κ3) is 1.98. The molecule has 65 valence electrons. The molecule has 1 rings (SSSR count). The minimum Gasteiger partial charge on any atom is -0.232 e. The van der Waals surface area contributed by atoms with Crippen molar-refractivity contribution in [1.29, 1.82) is 0 Å². The first-order valence-electron chi connectivity index (χ1n) is 3.28. The van der Waals surface area contributed by atoms with Crippen molar-refractivity contribution in [3.05, 3.63) is 35.4 Å². The van der Waals surface area contributed by atoms with Crippen LogP contribution in [0.4, 0.5) is 13.2 Å². The predicted octanol–water partition coefficient (Wildman–Crippen LogP) is 2.64. The minimum absolute atomic E-state index is 0.157. The van der Waals surface area contributed by atoms with E-state index in [9.17, 15) is 18.3 Å². The van der Waals surface area contributed by atoms with Crippen molar-refractivity contribution in [2.24, 2.45) is 0 Å². The molecule has 0 saturated heterocycles. The van der Waals surface area contributed by atoms with Crippen LogP contribution in [0.3, 0.4) is 0 Å². The molecule has 4 heteroatoms. The van der Waals surface area contributed by atoms with Crippen molar-refractivity contribution in [3.8, 4) is 0 Å². The molecule has 0 amide bonds. The molecule has 0 aliphatic rings. The zero-order valence-corrected chi connectivity index (χ0v) is 6.06. The molecule has 0 saturated carbocycles. The number of alkyl halides is 3. The molecule has 1 radical (unpaired) electrons. The van der Waals surface area contributed by atoms with Gasteiger partial charge in [-0.15, -0.1) is 0 Å². The van der Waals surface area contributed by atoms with Crippen LogP contribution in [-0.2, 0) is 17.9 Å². The normalized spacial score (nSPS) is 11.7. The highest BCUT2D eigenvalue weighted by molar-refractivity contribution is 5.24. The summed E-state index contributed by atoms with van der Waals surface area (Å²) in [5.74, 6) is 0. The quantitative estimate of drug-likeness (QED) is 0.625. The van der Waals surface area contributed by atoms with Gasteiger partial charge in [-0.3, -0.25) is 0 Å². The molecular weight excluding hydrogens is 169 g/mol. The van der Waals surface area contributed by atoms with Gasteiger partial charge in [0, 0.05) is 0 Å². The Bertz CT molecular complexity index is 267. The molecular formula is C8H6F3O. The van der Waals surface area contributed by atoms with E-state index >= 15 is 0 Å². The summed E-state index contributed by atoms with van der Waals surface area (Å²) < 4.78 is 36.0. The van der Waals surface area contributed by atoms with Crippen molar-refractivity contribution >= 4 is 0 Å². The van der Waals surface area contributed by atoms with Crippen molar-refractivity contribution in [2.45, 2.75) is 12.8 Å². The Morgan fingerprint density at radius 2 is 1.92 bits per heavy atom. The van der Waals surface area contributed by atoms with Crippen molar-refractivity contribution in [1.82, 2.24) is 0 Å². The summed E-state index contributed by atoms with van der Waals surface area (Å²) in [6.45, 7) is -0.621. The monoisotopic (exact) mass is 175 g/mol. The van der Waals surface area contributed by atoms with E-state index in [1.807, 2.05) is 0 Å². The summed E-state index contributed by atoms with van der Waals surface area (Å²) in [4.78, 5) is 0. The molecule has 1 nitrogen and oxygen atoms in total. The lowest BCUT2D eigenvalue weighted by atomic mass is 10.1. The molecule has 0 bridgehead atoms. The van der Waals surface area contributed by atoms with Crippen molar-refractivity contribution in [2.75, 3.05) is 0 Å². The topological polar surface area (TPSA) is 19.9 Å². The summed E-state index contributed by atoms with van der Waals surface area (Å²) in [7, 11) is 0. The smallest absolute Gasteiger partial charge is 0.232 e. The third-order valence-corrected chi connectivity index (χ3v) is 1.42. The van der Waals surface area contributed by atoms with Crippen molar-refractivity contribution in [3.63, 3.8) is 0 Å². The highest BCUT2D eigenvalue weighted by Gasteiger charge is 2.30. The summed E-state index contributed by atoms with van der Waals surface area (Å²) >= 11 is 0. The maximum Gasteiger partial charge on any atom is 0.416 e. The van der Waals surface area contributed by atoms with E-state index in [4.69, 9.17) is 0 Å². The van der Waals surface area contributed by atoms with E-state index in [0.29, 0.717) is 0 Å². The molecule has 0 spiro atoms. The Hall–Kier alpha value is -1.03. The maximum atomic E-state index is 12.0. The Labute approximate surface area is 67.5 Å². The first kappa shape index (κ1) is 9.06. The number of benzene rings is 1. The van der Waals surface area contributed by atoms with Crippen LogP contribution in [0.5, 0.6) is 0 Å². The summed E-state index contributed by atoms with van der Waals surface area (Å²) in [6, 6.07) is 4.42. The second-order valence-electron chi connectivity index (χ2n) is 2.34. The second-order valence-corrected chi connectivity index (χ2v) is 2.34. The lowest BCUT2D eigenvalue weighted by Gasteiger charge is -2.06. The number of hydrogen-bond donors (Lipinski definition) is 0. The average molecular weight is 175 g/mol.